The Labute approximate surface area is 122 Å². The summed E-state index contributed by atoms with van der Waals surface area (Å²) >= 11 is 0. The molecule has 0 spiro atoms. The number of carbonyl (C=O) groups is 1. The van der Waals surface area contributed by atoms with E-state index >= 15 is 0 Å². The third kappa shape index (κ3) is 3.84. The summed E-state index contributed by atoms with van der Waals surface area (Å²) in [6, 6.07) is 4.65. The number of Topliss-reactive ketones (excluding diaryl/α,β-unsaturated/α-hetero) is 1. The predicted octanol–water partition coefficient (Wildman–Crippen LogP) is 4.19. The number of nitrogens with two attached hydrogens (primary N) is 1. The molecular formula is C16H20F3NO. The highest BCUT2D eigenvalue weighted by Gasteiger charge is 2.34. The van der Waals surface area contributed by atoms with Gasteiger partial charge in [0.25, 0.3) is 0 Å². The number of benzene rings is 1. The van der Waals surface area contributed by atoms with Gasteiger partial charge in [-0.15, -0.1) is 0 Å². The second-order valence-corrected chi connectivity index (χ2v) is 5.94. The van der Waals surface area contributed by atoms with Crippen LogP contribution in [0.2, 0.25) is 0 Å². The average Bonchev–Trinajstić information content (AvgIpc) is 2.47. The Morgan fingerprint density at radius 1 is 1.19 bits per heavy atom. The molecule has 0 bridgehead atoms. The molecule has 0 amide bonds. The lowest BCUT2D eigenvalue weighted by Crippen LogP contribution is -2.35. The maximum Gasteiger partial charge on any atom is 0.416 e. The number of rotatable bonds is 4. The molecule has 1 aromatic rings. The monoisotopic (exact) mass is 299 g/mol. The van der Waals surface area contributed by atoms with Crippen molar-refractivity contribution in [2.24, 2.45) is 11.1 Å². The Balaban J connectivity index is 2.16. The van der Waals surface area contributed by atoms with Gasteiger partial charge in [-0.05, 0) is 36.9 Å². The van der Waals surface area contributed by atoms with Gasteiger partial charge in [-0.1, -0.05) is 31.4 Å². The molecular weight excluding hydrogens is 279 g/mol. The van der Waals surface area contributed by atoms with Gasteiger partial charge in [-0.25, -0.2) is 0 Å². The zero-order chi connectivity index (χ0) is 15.5. The fourth-order valence-electron chi connectivity index (χ4n) is 3.07. The number of ketones is 1. The van der Waals surface area contributed by atoms with E-state index in [1.54, 1.807) is 0 Å². The summed E-state index contributed by atoms with van der Waals surface area (Å²) in [6.45, 7) is 0.414. The van der Waals surface area contributed by atoms with E-state index in [0.29, 0.717) is 6.54 Å². The highest BCUT2D eigenvalue weighted by Crippen LogP contribution is 2.39. The van der Waals surface area contributed by atoms with Crippen molar-refractivity contribution in [3.05, 3.63) is 35.4 Å². The molecule has 0 aliphatic heterocycles. The molecule has 2 nitrogen and oxygen atoms in total. The number of carbonyl (C=O) groups excluding carboxylic acids is 1. The van der Waals surface area contributed by atoms with Crippen molar-refractivity contribution in [1.29, 1.82) is 0 Å². The highest BCUT2D eigenvalue weighted by molar-refractivity contribution is 5.96. The lowest BCUT2D eigenvalue weighted by Gasteiger charge is -2.35. The van der Waals surface area contributed by atoms with Crippen LogP contribution in [0.3, 0.4) is 0 Å². The number of hydrogen-bond acceptors (Lipinski definition) is 2. The molecule has 116 valence electrons. The molecule has 0 radical (unpaired) electrons. The molecule has 21 heavy (non-hydrogen) atoms. The Morgan fingerprint density at radius 2 is 1.86 bits per heavy atom. The van der Waals surface area contributed by atoms with E-state index in [2.05, 4.69) is 0 Å². The summed E-state index contributed by atoms with van der Waals surface area (Å²) in [6.07, 6.45) is 0.791. The highest BCUT2D eigenvalue weighted by atomic mass is 19.4. The average molecular weight is 299 g/mol. The van der Waals surface area contributed by atoms with E-state index in [-0.39, 0.29) is 23.2 Å². The fraction of sp³-hybridized carbons (Fsp3) is 0.562. The van der Waals surface area contributed by atoms with Gasteiger partial charge in [-0.3, -0.25) is 4.79 Å². The van der Waals surface area contributed by atoms with Crippen LogP contribution < -0.4 is 5.73 Å². The molecule has 5 heteroatoms. The van der Waals surface area contributed by atoms with Crippen molar-refractivity contribution in [1.82, 2.24) is 0 Å². The van der Waals surface area contributed by atoms with Gasteiger partial charge in [0.05, 0.1) is 5.56 Å². The number of halogens is 3. The molecule has 1 aliphatic rings. The zero-order valence-corrected chi connectivity index (χ0v) is 11.9. The van der Waals surface area contributed by atoms with Crippen LogP contribution in [0.15, 0.2) is 24.3 Å². The third-order valence-electron chi connectivity index (χ3n) is 4.39. The van der Waals surface area contributed by atoms with Crippen molar-refractivity contribution < 1.29 is 18.0 Å². The smallest absolute Gasteiger partial charge is 0.330 e. The van der Waals surface area contributed by atoms with Crippen LogP contribution in [-0.4, -0.2) is 12.3 Å². The maximum atomic E-state index is 12.7. The molecule has 2 rings (SSSR count). The van der Waals surface area contributed by atoms with E-state index in [1.165, 1.54) is 12.1 Å². The normalized spacial score (nSPS) is 18.5. The second kappa shape index (κ2) is 6.18. The van der Waals surface area contributed by atoms with Crippen LogP contribution in [-0.2, 0) is 6.18 Å². The molecule has 1 aromatic carbocycles. The molecule has 0 heterocycles. The first kappa shape index (κ1) is 16.0. The van der Waals surface area contributed by atoms with E-state index in [0.717, 1.165) is 44.2 Å². The number of alkyl halides is 3. The summed E-state index contributed by atoms with van der Waals surface area (Å²) in [5, 5.41) is 0. The van der Waals surface area contributed by atoms with Crippen LogP contribution in [0.1, 0.15) is 54.4 Å². The molecule has 0 aromatic heterocycles. The summed E-state index contributed by atoms with van der Waals surface area (Å²) in [5.41, 5.74) is 4.95. The van der Waals surface area contributed by atoms with Crippen molar-refractivity contribution in [3.63, 3.8) is 0 Å². The van der Waals surface area contributed by atoms with Crippen molar-refractivity contribution in [2.45, 2.75) is 44.7 Å². The first-order valence-corrected chi connectivity index (χ1v) is 7.27. The van der Waals surface area contributed by atoms with Crippen LogP contribution in [0, 0.1) is 5.41 Å². The minimum Gasteiger partial charge on any atom is -0.330 e. The molecule has 1 aliphatic carbocycles. The first-order chi connectivity index (χ1) is 9.86. The maximum absolute atomic E-state index is 12.7. The first-order valence-electron chi connectivity index (χ1n) is 7.27. The minimum atomic E-state index is -4.42. The predicted molar refractivity (Wildman–Crippen MR) is 75.0 cm³/mol. The summed E-state index contributed by atoms with van der Waals surface area (Å²) in [7, 11) is 0. The van der Waals surface area contributed by atoms with Gasteiger partial charge in [0.1, 0.15) is 0 Å². The van der Waals surface area contributed by atoms with Gasteiger partial charge < -0.3 is 5.73 Å². The van der Waals surface area contributed by atoms with Gasteiger partial charge in [0.15, 0.2) is 5.78 Å². The Bertz CT molecular complexity index is 504. The summed E-state index contributed by atoms with van der Waals surface area (Å²) in [5.74, 6) is -0.242. The fourth-order valence-corrected chi connectivity index (χ4v) is 3.07. The van der Waals surface area contributed by atoms with E-state index in [4.69, 9.17) is 5.73 Å². The topological polar surface area (TPSA) is 43.1 Å². The summed E-state index contributed by atoms with van der Waals surface area (Å²) < 4.78 is 38.1. The molecule has 2 N–H and O–H groups in total. The van der Waals surface area contributed by atoms with E-state index < -0.39 is 11.7 Å². The van der Waals surface area contributed by atoms with Crippen LogP contribution in [0.4, 0.5) is 13.2 Å². The van der Waals surface area contributed by atoms with E-state index in [1.807, 2.05) is 0 Å². The lowest BCUT2D eigenvalue weighted by atomic mass is 9.70. The van der Waals surface area contributed by atoms with Crippen molar-refractivity contribution in [2.75, 3.05) is 6.54 Å². The standard InChI is InChI=1S/C16H20F3NO/c17-16(18,19)13-6-4-5-12(9-13)14(21)10-15(11-20)7-2-1-3-8-15/h4-6,9H,1-3,7-8,10-11,20H2. The zero-order valence-electron chi connectivity index (χ0n) is 11.9. The molecule has 0 atom stereocenters. The van der Waals surface area contributed by atoms with Crippen LogP contribution in [0.25, 0.3) is 0 Å². The second-order valence-electron chi connectivity index (χ2n) is 5.94. The molecule has 1 saturated carbocycles. The molecule has 0 saturated heterocycles. The van der Waals surface area contributed by atoms with Gasteiger partial charge in [0, 0.05) is 12.0 Å². The Morgan fingerprint density at radius 3 is 2.43 bits per heavy atom. The van der Waals surface area contributed by atoms with Crippen molar-refractivity contribution in [3.8, 4) is 0 Å². The lowest BCUT2D eigenvalue weighted by molar-refractivity contribution is -0.137. The number of hydrogen-bond donors (Lipinski definition) is 1. The van der Waals surface area contributed by atoms with Crippen molar-refractivity contribution >= 4 is 5.78 Å². The largest absolute Gasteiger partial charge is 0.416 e. The minimum absolute atomic E-state index is 0.128. The van der Waals surface area contributed by atoms with Gasteiger partial charge in [-0.2, -0.15) is 13.2 Å². The Hall–Kier alpha value is -1.36. The van der Waals surface area contributed by atoms with Crippen LogP contribution in [0.5, 0.6) is 0 Å². The van der Waals surface area contributed by atoms with E-state index in [9.17, 15) is 18.0 Å². The van der Waals surface area contributed by atoms with Gasteiger partial charge in [0.2, 0.25) is 0 Å². The SMILES string of the molecule is NCC1(CC(=O)c2cccc(C(F)(F)F)c2)CCCCC1. The quantitative estimate of drug-likeness (QED) is 0.847. The molecule has 1 fully saturated rings. The summed E-state index contributed by atoms with van der Waals surface area (Å²) in [4.78, 5) is 12.3. The third-order valence-corrected chi connectivity index (χ3v) is 4.39. The van der Waals surface area contributed by atoms with Crippen LogP contribution >= 0.6 is 0 Å². The Kier molecular flexibility index (Phi) is 4.71. The molecule has 0 unspecified atom stereocenters. The van der Waals surface area contributed by atoms with Gasteiger partial charge >= 0.3 is 6.18 Å².